The molecule has 31 heavy (non-hydrogen) atoms. The summed E-state index contributed by atoms with van der Waals surface area (Å²) in [7, 11) is 0. The molecule has 154 valence electrons. The van der Waals surface area contributed by atoms with Crippen molar-refractivity contribution in [2.45, 2.75) is 18.9 Å². The highest BCUT2D eigenvalue weighted by molar-refractivity contribution is 6.05. The summed E-state index contributed by atoms with van der Waals surface area (Å²) in [5.74, 6) is -0.137. The molecule has 0 radical (unpaired) electrons. The third-order valence-electron chi connectivity index (χ3n) is 5.60. The lowest BCUT2D eigenvalue weighted by Gasteiger charge is -2.37. The Balaban J connectivity index is 1.69. The quantitative estimate of drug-likeness (QED) is 0.283. The van der Waals surface area contributed by atoms with E-state index >= 15 is 0 Å². The van der Waals surface area contributed by atoms with Gasteiger partial charge >= 0.3 is 0 Å². The lowest BCUT2D eigenvalue weighted by atomic mass is 9.84. The number of rotatable bonds is 7. The van der Waals surface area contributed by atoms with Gasteiger partial charge in [0.15, 0.2) is 5.78 Å². The average Bonchev–Trinajstić information content (AvgIpc) is 2.85. The van der Waals surface area contributed by atoms with Crippen molar-refractivity contribution in [2.75, 3.05) is 5.06 Å². The maximum atomic E-state index is 13.7. The summed E-state index contributed by atoms with van der Waals surface area (Å²) in [4.78, 5) is 13.7. The van der Waals surface area contributed by atoms with Crippen molar-refractivity contribution in [3.63, 3.8) is 0 Å². The lowest BCUT2D eigenvalue weighted by molar-refractivity contribution is 0.0770. The highest BCUT2D eigenvalue weighted by Gasteiger charge is 2.40. The fourth-order valence-electron chi connectivity index (χ4n) is 3.85. The summed E-state index contributed by atoms with van der Waals surface area (Å²) in [6, 6.07) is 36.6. The van der Waals surface area contributed by atoms with Crippen LogP contribution >= 0.6 is 0 Å². The molecular formula is C28H25NO2. The van der Waals surface area contributed by atoms with Gasteiger partial charge in [-0.2, -0.15) is 0 Å². The van der Waals surface area contributed by atoms with E-state index < -0.39 is 5.54 Å². The number of carbonyl (C=O) groups is 1. The van der Waals surface area contributed by atoms with Gasteiger partial charge in [-0.3, -0.25) is 10.0 Å². The van der Waals surface area contributed by atoms with Gasteiger partial charge < -0.3 is 0 Å². The van der Waals surface area contributed by atoms with Crippen LogP contribution in [0.2, 0.25) is 0 Å². The molecule has 4 aromatic rings. The van der Waals surface area contributed by atoms with Crippen LogP contribution < -0.4 is 5.06 Å². The summed E-state index contributed by atoms with van der Waals surface area (Å²) in [6.07, 6.45) is 0.374. The van der Waals surface area contributed by atoms with Crippen LogP contribution in [0.1, 0.15) is 22.8 Å². The molecule has 0 saturated heterocycles. The Bertz CT molecular complexity index is 1130. The predicted octanol–water partition coefficient (Wildman–Crippen LogP) is 6.43. The second-order valence-corrected chi connectivity index (χ2v) is 7.86. The van der Waals surface area contributed by atoms with Crippen LogP contribution in [0.25, 0.3) is 11.1 Å². The van der Waals surface area contributed by atoms with E-state index in [2.05, 4.69) is 0 Å². The molecule has 0 saturated carbocycles. The lowest BCUT2D eigenvalue weighted by Crippen LogP contribution is -2.53. The van der Waals surface area contributed by atoms with Crippen molar-refractivity contribution in [1.82, 2.24) is 0 Å². The molecule has 0 bridgehead atoms. The number of para-hydroxylation sites is 1. The van der Waals surface area contributed by atoms with Gasteiger partial charge in [0.2, 0.25) is 0 Å². The number of carbonyl (C=O) groups excluding carboxylic acids is 1. The Morgan fingerprint density at radius 3 is 1.77 bits per heavy atom. The van der Waals surface area contributed by atoms with Crippen molar-refractivity contribution >= 4 is 11.5 Å². The number of benzene rings is 4. The van der Waals surface area contributed by atoms with Gasteiger partial charge in [0.25, 0.3) is 0 Å². The molecule has 1 N–H and O–H groups in total. The summed E-state index contributed by atoms with van der Waals surface area (Å²) in [6.45, 7) is 1.79. The average molecular weight is 408 g/mol. The molecule has 3 nitrogen and oxygen atoms in total. The SMILES string of the molecule is CC(Cc1ccccc1)(C(=O)c1ccc(-c2ccccc2)cc1)N(O)c1ccccc1. The van der Waals surface area contributed by atoms with E-state index in [0.29, 0.717) is 17.7 Å². The molecule has 0 aliphatic heterocycles. The first-order chi connectivity index (χ1) is 15.1. The van der Waals surface area contributed by atoms with Gasteiger partial charge in [-0.05, 0) is 35.7 Å². The van der Waals surface area contributed by atoms with Crippen LogP contribution in [-0.4, -0.2) is 16.5 Å². The van der Waals surface area contributed by atoms with Crippen molar-refractivity contribution in [1.29, 1.82) is 0 Å². The van der Waals surface area contributed by atoms with E-state index in [1.165, 1.54) is 0 Å². The Hall–Kier alpha value is -3.69. The third kappa shape index (κ3) is 4.42. The van der Waals surface area contributed by atoms with E-state index in [9.17, 15) is 10.0 Å². The van der Waals surface area contributed by atoms with E-state index in [0.717, 1.165) is 21.8 Å². The second kappa shape index (κ2) is 8.99. The monoisotopic (exact) mass is 407 g/mol. The summed E-state index contributed by atoms with van der Waals surface area (Å²) < 4.78 is 0. The van der Waals surface area contributed by atoms with Crippen LogP contribution in [0.3, 0.4) is 0 Å². The second-order valence-electron chi connectivity index (χ2n) is 7.86. The van der Waals surface area contributed by atoms with Gasteiger partial charge in [-0.25, -0.2) is 5.06 Å². The van der Waals surface area contributed by atoms with Crippen LogP contribution in [0.4, 0.5) is 5.69 Å². The van der Waals surface area contributed by atoms with Crippen molar-refractivity contribution in [2.24, 2.45) is 0 Å². The number of anilines is 1. The number of hydrogen-bond acceptors (Lipinski definition) is 3. The first-order valence-corrected chi connectivity index (χ1v) is 10.4. The van der Waals surface area contributed by atoms with Crippen LogP contribution in [0.15, 0.2) is 115 Å². The maximum Gasteiger partial charge on any atom is 0.190 e. The Morgan fingerprint density at radius 1 is 0.710 bits per heavy atom. The zero-order valence-electron chi connectivity index (χ0n) is 17.5. The molecule has 0 spiro atoms. The highest BCUT2D eigenvalue weighted by atomic mass is 16.5. The normalized spacial score (nSPS) is 12.7. The zero-order chi connectivity index (χ0) is 21.7. The fourth-order valence-corrected chi connectivity index (χ4v) is 3.85. The number of ketones is 1. The molecular weight excluding hydrogens is 382 g/mol. The van der Waals surface area contributed by atoms with Gasteiger partial charge in [0.1, 0.15) is 5.54 Å². The van der Waals surface area contributed by atoms with Crippen molar-refractivity contribution < 1.29 is 10.0 Å². The minimum Gasteiger partial charge on any atom is -0.291 e. The number of Topliss-reactive ketones (excluding diaryl/α,β-unsaturated/α-hetero) is 1. The minimum absolute atomic E-state index is 0.137. The first-order valence-electron chi connectivity index (χ1n) is 10.4. The molecule has 0 aromatic heterocycles. The van der Waals surface area contributed by atoms with E-state index in [1.54, 1.807) is 19.1 Å². The minimum atomic E-state index is -1.17. The molecule has 0 aliphatic rings. The summed E-state index contributed by atoms with van der Waals surface area (Å²) in [5.41, 5.74) is 3.10. The molecule has 0 amide bonds. The van der Waals surface area contributed by atoms with Crippen LogP contribution in [-0.2, 0) is 6.42 Å². The van der Waals surface area contributed by atoms with E-state index in [1.807, 2.05) is 103 Å². The van der Waals surface area contributed by atoms with Gasteiger partial charge in [0, 0.05) is 12.0 Å². The number of hydrogen-bond donors (Lipinski definition) is 1. The Morgan fingerprint density at radius 2 is 1.19 bits per heavy atom. The first kappa shape index (κ1) is 20.6. The fraction of sp³-hybridized carbons (Fsp3) is 0.107. The van der Waals surface area contributed by atoms with Gasteiger partial charge in [0.05, 0.1) is 5.69 Å². The zero-order valence-corrected chi connectivity index (χ0v) is 17.5. The van der Waals surface area contributed by atoms with Crippen molar-refractivity contribution in [3.05, 3.63) is 126 Å². The molecule has 3 heteroatoms. The predicted molar refractivity (Wildman–Crippen MR) is 125 cm³/mol. The van der Waals surface area contributed by atoms with Crippen LogP contribution in [0, 0.1) is 0 Å². The Labute approximate surface area is 183 Å². The molecule has 0 fully saturated rings. The number of hydroxylamine groups is 1. The molecule has 1 atom stereocenters. The molecule has 0 aliphatic carbocycles. The van der Waals surface area contributed by atoms with Gasteiger partial charge in [-0.15, -0.1) is 0 Å². The number of nitrogens with zero attached hydrogens (tertiary/aromatic N) is 1. The highest BCUT2D eigenvalue weighted by Crippen LogP contribution is 2.30. The molecule has 0 heterocycles. The standard InChI is InChI=1S/C28H25NO2/c1-28(21-22-11-5-2-6-12-22,29(31)26-15-9-4-10-16-26)27(30)25-19-17-24(18-20-25)23-13-7-3-8-14-23/h2-20,31H,21H2,1H3. The van der Waals surface area contributed by atoms with Crippen molar-refractivity contribution in [3.8, 4) is 11.1 Å². The summed E-state index contributed by atoms with van der Waals surface area (Å²) >= 11 is 0. The molecule has 1 unspecified atom stereocenters. The smallest absolute Gasteiger partial charge is 0.190 e. The van der Waals surface area contributed by atoms with Crippen LogP contribution in [0.5, 0.6) is 0 Å². The molecule has 4 aromatic carbocycles. The Kier molecular flexibility index (Phi) is 5.96. The molecule has 4 rings (SSSR count). The topological polar surface area (TPSA) is 40.5 Å². The van der Waals surface area contributed by atoms with E-state index in [4.69, 9.17) is 0 Å². The third-order valence-corrected chi connectivity index (χ3v) is 5.60. The summed E-state index contributed by atoms with van der Waals surface area (Å²) in [5, 5.41) is 12.3. The van der Waals surface area contributed by atoms with Gasteiger partial charge in [-0.1, -0.05) is 103 Å². The largest absolute Gasteiger partial charge is 0.291 e. The van der Waals surface area contributed by atoms with E-state index in [-0.39, 0.29) is 5.78 Å². The maximum absolute atomic E-state index is 13.7.